The minimum absolute atomic E-state index is 0.0366. The van der Waals surface area contributed by atoms with Crippen molar-refractivity contribution < 1.29 is 17.9 Å². The van der Waals surface area contributed by atoms with Gasteiger partial charge in [-0.3, -0.25) is 9.69 Å². The van der Waals surface area contributed by atoms with Crippen molar-refractivity contribution in [1.82, 2.24) is 14.4 Å². The molecule has 1 aromatic rings. The van der Waals surface area contributed by atoms with Gasteiger partial charge in [-0.1, -0.05) is 0 Å². The molecule has 0 aromatic carbocycles. The Morgan fingerprint density at radius 3 is 2.79 bits per heavy atom. The maximum Gasteiger partial charge on any atom is 0.237 e. The monoisotopic (exact) mass is 409 g/mol. The highest BCUT2D eigenvalue weighted by molar-refractivity contribution is 7.91. The summed E-state index contributed by atoms with van der Waals surface area (Å²) in [6.45, 7) is 2.50. The van der Waals surface area contributed by atoms with Crippen molar-refractivity contribution in [3.05, 3.63) is 24.0 Å². The lowest BCUT2D eigenvalue weighted by atomic mass is 10.1. The van der Waals surface area contributed by atoms with Gasteiger partial charge in [0, 0.05) is 38.1 Å². The van der Waals surface area contributed by atoms with Gasteiger partial charge in [0.2, 0.25) is 5.91 Å². The summed E-state index contributed by atoms with van der Waals surface area (Å²) in [5.74, 6) is 0.314. The molecule has 0 aliphatic carbocycles. The molecule has 1 amide bonds. The fraction of sp³-hybridized carbons (Fsp3) is 0.750. The van der Waals surface area contributed by atoms with E-state index in [2.05, 4.69) is 15.5 Å². The highest BCUT2D eigenvalue weighted by Gasteiger charge is 2.38. The zero-order chi connectivity index (χ0) is 19.7. The lowest BCUT2D eigenvalue weighted by Crippen LogP contribution is -2.49. The lowest BCUT2D eigenvalue weighted by molar-refractivity contribution is -0.136. The van der Waals surface area contributed by atoms with E-state index in [-0.39, 0.29) is 35.6 Å². The van der Waals surface area contributed by atoms with Gasteiger partial charge < -0.3 is 14.2 Å². The van der Waals surface area contributed by atoms with Crippen LogP contribution in [0.5, 0.6) is 0 Å². The average molecular weight is 410 g/mol. The molecule has 0 spiro atoms. The SMILES string of the molecule is Cn1cccc1C1CCCN1CC(=O)N(CC1CCCO1)C1CCS(=O)(=O)C1. The molecule has 0 bridgehead atoms. The Hall–Kier alpha value is -1.38. The molecule has 3 fully saturated rings. The van der Waals surface area contributed by atoms with Gasteiger partial charge in [0.05, 0.1) is 30.2 Å². The zero-order valence-corrected chi connectivity index (χ0v) is 17.4. The van der Waals surface area contributed by atoms with Crippen LogP contribution in [-0.2, 0) is 26.4 Å². The molecule has 0 radical (unpaired) electrons. The van der Waals surface area contributed by atoms with Crippen LogP contribution in [0.1, 0.15) is 43.8 Å². The number of rotatable bonds is 6. The number of sulfone groups is 1. The van der Waals surface area contributed by atoms with E-state index in [1.54, 1.807) is 0 Å². The molecule has 4 heterocycles. The first-order chi connectivity index (χ1) is 13.4. The van der Waals surface area contributed by atoms with E-state index < -0.39 is 9.84 Å². The second kappa shape index (κ2) is 8.16. The van der Waals surface area contributed by atoms with Crippen molar-refractivity contribution >= 4 is 15.7 Å². The quantitative estimate of drug-likeness (QED) is 0.709. The van der Waals surface area contributed by atoms with Gasteiger partial charge in [-0.25, -0.2) is 8.42 Å². The molecule has 3 unspecified atom stereocenters. The molecule has 3 aliphatic rings. The number of hydrogen-bond donors (Lipinski definition) is 0. The molecule has 0 saturated carbocycles. The molecule has 7 nitrogen and oxygen atoms in total. The van der Waals surface area contributed by atoms with E-state index in [1.165, 1.54) is 5.69 Å². The lowest BCUT2D eigenvalue weighted by Gasteiger charge is -2.33. The highest BCUT2D eigenvalue weighted by Crippen LogP contribution is 2.32. The number of hydrogen-bond acceptors (Lipinski definition) is 5. The third-order valence-corrected chi connectivity index (χ3v) is 8.17. The Morgan fingerprint density at radius 1 is 1.29 bits per heavy atom. The first kappa shape index (κ1) is 19.9. The zero-order valence-electron chi connectivity index (χ0n) is 16.6. The molecule has 3 aliphatic heterocycles. The van der Waals surface area contributed by atoms with Crippen LogP contribution >= 0.6 is 0 Å². The number of carbonyl (C=O) groups excluding carboxylic acids is 1. The third-order valence-electron chi connectivity index (χ3n) is 6.42. The van der Waals surface area contributed by atoms with Crippen LogP contribution in [-0.4, -0.2) is 78.6 Å². The molecule has 1 aromatic heterocycles. The minimum atomic E-state index is -3.04. The summed E-state index contributed by atoms with van der Waals surface area (Å²) in [5.41, 5.74) is 1.24. The molecule has 4 rings (SSSR count). The molecule has 3 saturated heterocycles. The minimum Gasteiger partial charge on any atom is -0.376 e. The van der Waals surface area contributed by atoms with Gasteiger partial charge in [-0.2, -0.15) is 0 Å². The standard InChI is InChI=1S/C20H31N3O4S/c1-21-9-2-6-18(21)19-7-3-10-22(19)14-20(24)23(13-17-5-4-11-27-17)16-8-12-28(25,26)15-16/h2,6,9,16-17,19H,3-5,7-8,10-15H2,1H3. The van der Waals surface area contributed by atoms with Crippen molar-refractivity contribution in [3.63, 3.8) is 0 Å². The summed E-state index contributed by atoms with van der Waals surface area (Å²) in [4.78, 5) is 17.4. The first-order valence-electron chi connectivity index (χ1n) is 10.4. The van der Waals surface area contributed by atoms with Crippen LogP contribution in [0.3, 0.4) is 0 Å². The van der Waals surface area contributed by atoms with Crippen LogP contribution < -0.4 is 0 Å². The van der Waals surface area contributed by atoms with E-state index in [9.17, 15) is 13.2 Å². The van der Waals surface area contributed by atoms with Crippen LogP contribution in [0.2, 0.25) is 0 Å². The predicted molar refractivity (Wildman–Crippen MR) is 107 cm³/mol. The molecule has 28 heavy (non-hydrogen) atoms. The number of nitrogens with zero attached hydrogens (tertiary/aromatic N) is 3. The van der Waals surface area contributed by atoms with Gasteiger partial charge in [0.15, 0.2) is 9.84 Å². The Bertz CT molecular complexity index is 800. The van der Waals surface area contributed by atoms with Gasteiger partial charge in [0.25, 0.3) is 0 Å². The Labute approximate surface area is 167 Å². The third kappa shape index (κ3) is 4.28. The second-order valence-corrected chi connectivity index (χ2v) is 10.6. The number of aryl methyl sites for hydroxylation is 1. The van der Waals surface area contributed by atoms with Crippen molar-refractivity contribution in [2.24, 2.45) is 7.05 Å². The van der Waals surface area contributed by atoms with Crippen molar-refractivity contribution in [3.8, 4) is 0 Å². The second-order valence-electron chi connectivity index (χ2n) is 8.41. The van der Waals surface area contributed by atoms with Crippen LogP contribution in [0.4, 0.5) is 0 Å². The fourth-order valence-electron chi connectivity index (χ4n) is 4.92. The normalized spacial score (nSPS) is 30.1. The Balaban J connectivity index is 1.47. The Kier molecular flexibility index (Phi) is 5.81. The first-order valence-corrected chi connectivity index (χ1v) is 12.2. The smallest absolute Gasteiger partial charge is 0.237 e. The molecule has 8 heteroatoms. The van der Waals surface area contributed by atoms with Gasteiger partial charge in [-0.05, 0) is 50.8 Å². The predicted octanol–water partition coefficient (Wildman–Crippen LogP) is 1.36. The number of likely N-dealkylation sites (tertiary alicyclic amines) is 1. The summed E-state index contributed by atoms with van der Waals surface area (Å²) < 4.78 is 31.9. The largest absolute Gasteiger partial charge is 0.376 e. The van der Waals surface area contributed by atoms with Crippen molar-refractivity contribution in [1.29, 1.82) is 0 Å². The Morgan fingerprint density at radius 2 is 2.14 bits per heavy atom. The fourth-order valence-corrected chi connectivity index (χ4v) is 6.65. The van der Waals surface area contributed by atoms with Gasteiger partial charge in [-0.15, -0.1) is 0 Å². The average Bonchev–Trinajstić information content (AvgIpc) is 3.41. The summed E-state index contributed by atoms with van der Waals surface area (Å²) in [6, 6.07) is 4.21. The van der Waals surface area contributed by atoms with Crippen molar-refractivity contribution in [2.75, 3.05) is 37.7 Å². The summed E-state index contributed by atoms with van der Waals surface area (Å²) >= 11 is 0. The maximum atomic E-state index is 13.3. The van der Waals surface area contributed by atoms with Gasteiger partial charge >= 0.3 is 0 Å². The maximum absolute atomic E-state index is 13.3. The van der Waals surface area contributed by atoms with Crippen LogP contribution in [0.15, 0.2) is 18.3 Å². The molecule has 0 N–H and O–H groups in total. The van der Waals surface area contributed by atoms with Crippen LogP contribution in [0, 0.1) is 0 Å². The summed E-state index contributed by atoms with van der Waals surface area (Å²) in [5, 5.41) is 0. The number of aromatic nitrogens is 1. The van der Waals surface area contributed by atoms with E-state index >= 15 is 0 Å². The van der Waals surface area contributed by atoms with E-state index in [1.807, 2.05) is 24.2 Å². The molecule has 3 atom stereocenters. The summed E-state index contributed by atoms with van der Waals surface area (Å²) in [6.07, 6.45) is 6.70. The molecule has 156 valence electrons. The highest BCUT2D eigenvalue weighted by atomic mass is 32.2. The van der Waals surface area contributed by atoms with Gasteiger partial charge in [0.1, 0.15) is 0 Å². The number of amides is 1. The van der Waals surface area contributed by atoms with E-state index in [0.29, 0.717) is 19.5 Å². The van der Waals surface area contributed by atoms with Crippen molar-refractivity contribution in [2.45, 2.75) is 50.3 Å². The number of carbonyl (C=O) groups is 1. The van der Waals surface area contributed by atoms with E-state index in [0.717, 1.165) is 38.8 Å². The van der Waals surface area contributed by atoms with Crippen LogP contribution in [0.25, 0.3) is 0 Å². The molecular formula is C20H31N3O4S. The molecular weight excluding hydrogens is 378 g/mol. The number of ether oxygens (including phenoxy) is 1. The summed E-state index contributed by atoms with van der Waals surface area (Å²) in [7, 11) is -0.996. The van der Waals surface area contributed by atoms with E-state index in [4.69, 9.17) is 4.74 Å². The topological polar surface area (TPSA) is 71.9 Å².